The summed E-state index contributed by atoms with van der Waals surface area (Å²) in [7, 11) is 0.985. The van der Waals surface area contributed by atoms with E-state index in [2.05, 4.69) is 20.2 Å². The van der Waals surface area contributed by atoms with Crippen LogP contribution in [0.1, 0.15) is 30.3 Å². The van der Waals surface area contributed by atoms with Gasteiger partial charge in [-0.15, -0.1) is 0 Å². The number of hydrogen-bond donors (Lipinski definition) is 1. The van der Waals surface area contributed by atoms with Crippen LogP contribution in [0.3, 0.4) is 0 Å². The summed E-state index contributed by atoms with van der Waals surface area (Å²) in [6.07, 6.45) is 2.98. The van der Waals surface area contributed by atoms with Crippen LogP contribution in [0.5, 0.6) is 0 Å². The minimum Gasteiger partial charge on any atom is -0.354 e. The van der Waals surface area contributed by atoms with Crippen molar-refractivity contribution in [1.82, 2.24) is 19.8 Å². The number of amides is 1. The summed E-state index contributed by atoms with van der Waals surface area (Å²) in [5.41, 5.74) is 0.288. The van der Waals surface area contributed by atoms with Gasteiger partial charge in [-0.2, -0.15) is 0 Å². The van der Waals surface area contributed by atoms with Crippen molar-refractivity contribution in [3.8, 4) is 0 Å². The van der Waals surface area contributed by atoms with Gasteiger partial charge in [-0.3, -0.25) is 4.79 Å². The second kappa shape index (κ2) is 8.57. The van der Waals surface area contributed by atoms with Gasteiger partial charge in [0.25, 0.3) is 5.91 Å². The van der Waals surface area contributed by atoms with E-state index in [1.807, 2.05) is 21.0 Å². The van der Waals surface area contributed by atoms with E-state index in [4.69, 9.17) is 0 Å². The molecule has 1 aliphatic heterocycles. The van der Waals surface area contributed by atoms with E-state index in [-0.39, 0.29) is 29.1 Å². The van der Waals surface area contributed by atoms with Gasteiger partial charge in [0.05, 0.1) is 11.5 Å². The normalized spacial score (nSPS) is 19.1. The maximum atomic E-state index is 12.8. The smallest absolute Gasteiger partial charge is 0.272 e. The molecule has 1 amide bonds. The molecule has 2 rings (SSSR count). The molecule has 1 aromatic rings. The van der Waals surface area contributed by atoms with Crippen molar-refractivity contribution in [3.63, 3.8) is 0 Å². The summed E-state index contributed by atoms with van der Waals surface area (Å²) in [5, 5.41) is 3.12. The molecule has 0 spiro atoms. The second-order valence-electron chi connectivity index (χ2n) is 6.50. The summed E-state index contributed by atoms with van der Waals surface area (Å²) in [4.78, 5) is 24.9. The lowest BCUT2D eigenvalue weighted by Gasteiger charge is -2.26. The maximum Gasteiger partial charge on any atom is 0.272 e. The Kier molecular flexibility index (Phi) is 6.71. The highest BCUT2D eigenvalue weighted by Crippen LogP contribution is 2.19. The summed E-state index contributed by atoms with van der Waals surface area (Å²) in [6.45, 7) is 3.97. The van der Waals surface area contributed by atoms with Gasteiger partial charge in [0, 0.05) is 25.3 Å². The SMILES string of the molecule is CCN(C(=O)c1ccnc(NCCCN(C)C)n1)C1CCS(=O)(=O)C1. The summed E-state index contributed by atoms with van der Waals surface area (Å²) >= 11 is 0. The Balaban J connectivity index is 2.01. The third-order valence-corrected chi connectivity index (χ3v) is 5.94. The molecule has 1 N–H and O–H groups in total. The van der Waals surface area contributed by atoms with Crippen LogP contribution in [0.4, 0.5) is 5.95 Å². The fourth-order valence-corrected chi connectivity index (χ4v) is 4.63. The van der Waals surface area contributed by atoms with E-state index in [0.717, 1.165) is 13.0 Å². The molecule has 0 aliphatic carbocycles. The van der Waals surface area contributed by atoms with Crippen LogP contribution in [0.15, 0.2) is 12.3 Å². The molecule has 0 bridgehead atoms. The van der Waals surface area contributed by atoms with Crippen LogP contribution >= 0.6 is 0 Å². The van der Waals surface area contributed by atoms with E-state index in [9.17, 15) is 13.2 Å². The largest absolute Gasteiger partial charge is 0.354 e. The third kappa shape index (κ3) is 5.64. The number of sulfone groups is 1. The van der Waals surface area contributed by atoms with Crippen molar-refractivity contribution in [2.45, 2.75) is 25.8 Å². The predicted octanol–water partition coefficient (Wildman–Crippen LogP) is 0.489. The zero-order valence-corrected chi connectivity index (χ0v) is 15.9. The highest BCUT2D eigenvalue weighted by atomic mass is 32.2. The Morgan fingerprint density at radius 2 is 2.16 bits per heavy atom. The first-order valence-corrected chi connectivity index (χ1v) is 10.4. The lowest BCUT2D eigenvalue weighted by molar-refractivity contribution is 0.0702. The minimum atomic E-state index is -3.04. The number of nitrogens with one attached hydrogen (secondary N) is 1. The average molecular weight is 369 g/mol. The predicted molar refractivity (Wildman–Crippen MR) is 97.5 cm³/mol. The van der Waals surface area contributed by atoms with Crippen LogP contribution in [-0.4, -0.2) is 85.4 Å². The Morgan fingerprint density at radius 3 is 2.76 bits per heavy atom. The van der Waals surface area contributed by atoms with E-state index in [0.29, 0.717) is 25.5 Å². The van der Waals surface area contributed by atoms with E-state index >= 15 is 0 Å². The quantitative estimate of drug-likeness (QED) is 0.666. The molecule has 140 valence electrons. The Bertz CT molecular complexity index is 693. The molecule has 8 nitrogen and oxygen atoms in total. The third-order valence-electron chi connectivity index (χ3n) is 4.19. The summed E-state index contributed by atoms with van der Waals surface area (Å²) < 4.78 is 23.4. The van der Waals surface area contributed by atoms with Gasteiger partial charge in [-0.25, -0.2) is 18.4 Å². The van der Waals surface area contributed by atoms with E-state index in [1.165, 1.54) is 0 Å². The molecule has 1 saturated heterocycles. The number of nitrogens with zero attached hydrogens (tertiary/aromatic N) is 4. The highest BCUT2D eigenvalue weighted by Gasteiger charge is 2.34. The first-order valence-electron chi connectivity index (χ1n) is 8.55. The fraction of sp³-hybridized carbons (Fsp3) is 0.688. The van der Waals surface area contributed by atoms with Crippen molar-refractivity contribution in [3.05, 3.63) is 18.0 Å². The first-order chi connectivity index (χ1) is 11.8. The molecule has 1 atom stereocenters. The van der Waals surface area contributed by atoms with Crippen LogP contribution in [0.2, 0.25) is 0 Å². The minimum absolute atomic E-state index is 0.0350. The molecule has 9 heteroatoms. The van der Waals surface area contributed by atoms with Crippen LogP contribution in [-0.2, 0) is 9.84 Å². The number of aromatic nitrogens is 2. The van der Waals surface area contributed by atoms with Gasteiger partial charge in [-0.1, -0.05) is 0 Å². The summed E-state index contributed by atoms with van der Waals surface area (Å²) in [6, 6.07) is 1.30. The number of rotatable bonds is 8. The van der Waals surface area contributed by atoms with Gasteiger partial charge in [-0.05, 0) is 46.5 Å². The monoisotopic (exact) mass is 369 g/mol. The van der Waals surface area contributed by atoms with Crippen LogP contribution < -0.4 is 5.32 Å². The highest BCUT2D eigenvalue weighted by molar-refractivity contribution is 7.91. The zero-order chi connectivity index (χ0) is 18.4. The lowest BCUT2D eigenvalue weighted by atomic mass is 10.2. The van der Waals surface area contributed by atoms with E-state index in [1.54, 1.807) is 17.2 Å². The molecule has 1 aromatic heterocycles. The number of hydrogen-bond acceptors (Lipinski definition) is 7. The maximum absolute atomic E-state index is 12.8. The van der Waals surface area contributed by atoms with Crippen molar-refractivity contribution < 1.29 is 13.2 Å². The topological polar surface area (TPSA) is 95.5 Å². The fourth-order valence-electron chi connectivity index (χ4n) is 2.89. The van der Waals surface area contributed by atoms with E-state index < -0.39 is 9.84 Å². The molecular formula is C16H27N5O3S. The van der Waals surface area contributed by atoms with Gasteiger partial charge in [0.1, 0.15) is 5.69 Å². The Hall–Kier alpha value is -1.74. The van der Waals surface area contributed by atoms with Crippen molar-refractivity contribution in [2.24, 2.45) is 0 Å². The second-order valence-corrected chi connectivity index (χ2v) is 8.73. The Labute approximate surface area is 149 Å². The lowest BCUT2D eigenvalue weighted by Crippen LogP contribution is -2.41. The van der Waals surface area contributed by atoms with Crippen molar-refractivity contribution in [2.75, 3.05) is 50.6 Å². The van der Waals surface area contributed by atoms with Gasteiger partial charge < -0.3 is 15.1 Å². The van der Waals surface area contributed by atoms with Gasteiger partial charge in [0.15, 0.2) is 9.84 Å². The molecule has 1 aliphatic rings. The van der Waals surface area contributed by atoms with Gasteiger partial charge >= 0.3 is 0 Å². The average Bonchev–Trinajstić information content (AvgIpc) is 2.92. The molecule has 2 heterocycles. The molecule has 25 heavy (non-hydrogen) atoms. The Morgan fingerprint density at radius 1 is 1.40 bits per heavy atom. The summed E-state index contributed by atoms with van der Waals surface area (Å²) in [5.74, 6) is 0.347. The van der Waals surface area contributed by atoms with Gasteiger partial charge in [0.2, 0.25) is 5.95 Å². The molecule has 1 fully saturated rings. The van der Waals surface area contributed by atoms with Crippen LogP contribution in [0, 0.1) is 0 Å². The molecule has 1 unspecified atom stereocenters. The van der Waals surface area contributed by atoms with Crippen molar-refractivity contribution >= 4 is 21.7 Å². The van der Waals surface area contributed by atoms with Crippen molar-refractivity contribution in [1.29, 1.82) is 0 Å². The molecular weight excluding hydrogens is 342 g/mol. The number of carbonyl (C=O) groups excluding carboxylic acids is 1. The zero-order valence-electron chi connectivity index (χ0n) is 15.1. The number of anilines is 1. The van der Waals surface area contributed by atoms with Crippen LogP contribution in [0.25, 0.3) is 0 Å². The first kappa shape index (κ1) is 19.6. The molecule has 0 aromatic carbocycles. The molecule has 0 saturated carbocycles. The number of carbonyl (C=O) groups is 1. The molecule has 0 radical (unpaired) electrons. The standard InChI is InChI=1S/C16H27N5O3S/c1-4-21(13-7-11-25(23,24)12-13)15(22)14-6-9-18-16(19-14)17-8-5-10-20(2)3/h6,9,13H,4-5,7-8,10-12H2,1-3H3,(H,17,18,19).